The fourth-order valence-corrected chi connectivity index (χ4v) is 11.6. The molecular formula is C14H36N2OSi2. The standard InChI is InChI=1S/C14H36N2OSi2/c1-18(2,3)17-19(4,13-9-5-7-11-15)14-10-6-8-12-16/h5-16H2,1-4H3. The van der Waals surface area contributed by atoms with Crippen molar-refractivity contribution >= 4 is 16.6 Å². The van der Waals surface area contributed by atoms with Crippen LogP contribution in [0.25, 0.3) is 0 Å². The van der Waals surface area contributed by atoms with E-state index in [0.29, 0.717) is 0 Å². The van der Waals surface area contributed by atoms with Crippen LogP contribution in [0.3, 0.4) is 0 Å². The molecule has 116 valence electrons. The summed E-state index contributed by atoms with van der Waals surface area (Å²) in [6.45, 7) is 11.0. The Hall–Kier alpha value is 0.314. The van der Waals surface area contributed by atoms with Crippen LogP contribution in [0.4, 0.5) is 0 Å². The summed E-state index contributed by atoms with van der Waals surface area (Å²) < 4.78 is 6.60. The molecule has 0 unspecified atom stereocenters. The Labute approximate surface area is 122 Å². The Balaban J connectivity index is 4.19. The van der Waals surface area contributed by atoms with Crippen LogP contribution in [0.5, 0.6) is 0 Å². The van der Waals surface area contributed by atoms with Gasteiger partial charge in [0.05, 0.1) is 0 Å². The molecule has 0 aromatic heterocycles. The summed E-state index contributed by atoms with van der Waals surface area (Å²) in [4.78, 5) is 0. The molecule has 0 aliphatic heterocycles. The van der Waals surface area contributed by atoms with Crippen molar-refractivity contribution in [3.63, 3.8) is 0 Å². The van der Waals surface area contributed by atoms with Crippen LogP contribution >= 0.6 is 0 Å². The van der Waals surface area contributed by atoms with Crippen molar-refractivity contribution in [3.05, 3.63) is 0 Å². The van der Waals surface area contributed by atoms with Crippen molar-refractivity contribution in [2.45, 2.75) is 76.8 Å². The topological polar surface area (TPSA) is 61.3 Å². The van der Waals surface area contributed by atoms with E-state index < -0.39 is 16.6 Å². The van der Waals surface area contributed by atoms with Gasteiger partial charge in [-0.05, 0) is 64.2 Å². The lowest BCUT2D eigenvalue weighted by atomic mass is 10.2. The van der Waals surface area contributed by atoms with Gasteiger partial charge in [-0.3, -0.25) is 0 Å². The highest BCUT2D eigenvalue weighted by Gasteiger charge is 2.33. The largest absolute Gasteiger partial charge is 0.456 e. The predicted molar refractivity (Wildman–Crippen MR) is 91.5 cm³/mol. The summed E-state index contributed by atoms with van der Waals surface area (Å²) in [5.74, 6) is 0. The Morgan fingerprint density at radius 2 is 1.11 bits per heavy atom. The molecule has 0 radical (unpaired) electrons. The summed E-state index contributed by atoms with van der Waals surface area (Å²) in [5.41, 5.74) is 11.1. The van der Waals surface area contributed by atoms with Gasteiger partial charge in [0, 0.05) is 0 Å². The van der Waals surface area contributed by atoms with Crippen LogP contribution in [-0.4, -0.2) is 29.7 Å². The quantitative estimate of drug-likeness (QED) is 0.427. The first-order valence-electron chi connectivity index (χ1n) is 7.93. The molecule has 0 saturated carbocycles. The maximum atomic E-state index is 6.60. The van der Waals surface area contributed by atoms with Gasteiger partial charge in [0.2, 0.25) is 0 Å². The van der Waals surface area contributed by atoms with E-state index in [1.807, 2.05) is 0 Å². The highest BCUT2D eigenvalue weighted by molar-refractivity contribution is 6.84. The Kier molecular flexibility index (Phi) is 10.3. The number of hydrogen-bond donors (Lipinski definition) is 2. The van der Waals surface area contributed by atoms with E-state index in [4.69, 9.17) is 15.6 Å². The lowest BCUT2D eigenvalue weighted by Crippen LogP contribution is -2.44. The highest BCUT2D eigenvalue weighted by atomic mass is 28.4. The molecule has 0 aromatic carbocycles. The molecule has 19 heavy (non-hydrogen) atoms. The van der Waals surface area contributed by atoms with Crippen LogP contribution in [0.1, 0.15) is 38.5 Å². The van der Waals surface area contributed by atoms with Crippen molar-refractivity contribution in [3.8, 4) is 0 Å². The molecule has 0 fully saturated rings. The first kappa shape index (κ1) is 19.3. The fraction of sp³-hybridized carbons (Fsp3) is 1.00. The monoisotopic (exact) mass is 304 g/mol. The zero-order valence-electron chi connectivity index (χ0n) is 13.6. The average molecular weight is 305 g/mol. The molecule has 0 heterocycles. The maximum absolute atomic E-state index is 6.60. The Morgan fingerprint density at radius 3 is 1.42 bits per heavy atom. The molecule has 0 aromatic rings. The molecule has 4 N–H and O–H groups in total. The average Bonchev–Trinajstić information content (AvgIpc) is 2.28. The van der Waals surface area contributed by atoms with Gasteiger partial charge in [-0.25, -0.2) is 0 Å². The van der Waals surface area contributed by atoms with Gasteiger partial charge in [-0.2, -0.15) is 0 Å². The second-order valence-electron chi connectivity index (χ2n) is 6.86. The SMILES string of the molecule is C[Si](C)(C)O[Si](C)(CCCCCN)CCCCCN. The Bertz CT molecular complexity index is 208. The van der Waals surface area contributed by atoms with Crippen molar-refractivity contribution in [1.29, 1.82) is 0 Å². The van der Waals surface area contributed by atoms with Crippen molar-refractivity contribution in [2.75, 3.05) is 13.1 Å². The highest BCUT2D eigenvalue weighted by Crippen LogP contribution is 2.27. The van der Waals surface area contributed by atoms with Crippen LogP contribution in [0, 0.1) is 0 Å². The fourth-order valence-electron chi connectivity index (χ4n) is 2.61. The molecule has 0 aliphatic rings. The second kappa shape index (κ2) is 10.1. The Morgan fingerprint density at radius 1 is 0.684 bits per heavy atom. The second-order valence-corrected chi connectivity index (χ2v) is 15.8. The van der Waals surface area contributed by atoms with Gasteiger partial charge in [-0.15, -0.1) is 0 Å². The minimum absolute atomic E-state index is 0.823. The molecule has 0 atom stereocenters. The predicted octanol–water partition coefficient (Wildman–Crippen LogP) is 3.67. The number of rotatable bonds is 12. The van der Waals surface area contributed by atoms with Gasteiger partial charge in [-0.1, -0.05) is 25.7 Å². The third kappa shape index (κ3) is 11.8. The molecule has 0 saturated heterocycles. The van der Waals surface area contributed by atoms with Crippen molar-refractivity contribution in [2.24, 2.45) is 11.5 Å². The van der Waals surface area contributed by atoms with Crippen LogP contribution in [0.2, 0.25) is 38.3 Å². The van der Waals surface area contributed by atoms with Crippen LogP contribution in [0.15, 0.2) is 0 Å². The lowest BCUT2D eigenvalue weighted by Gasteiger charge is -2.35. The summed E-state index contributed by atoms with van der Waals surface area (Å²) in [7, 11) is -2.92. The number of hydrogen-bond acceptors (Lipinski definition) is 3. The van der Waals surface area contributed by atoms with Crippen molar-refractivity contribution in [1.82, 2.24) is 0 Å². The van der Waals surface area contributed by atoms with E-state index in [9.17, 15) is 0 Å². The van der Waals surface area contributed by atoms with E-state index >= 15 is 0 Å². The van der Waals surface area contributed by atoms with Gasteiger partial charge >= 0.3 is 0 Å². The summed E-state index contributed by atoms with van der Waals surface area (Å²) in [5, 5.41) is 0. The molecule has 0 bridgehead atoms. The van der Waals surface area contributed by atoms with E-state index in [1.165, 1.54) is 37.8 Å². The molecule has 5 heteroatoms. The van der Waals surface area contributed by atoms with Gasteiger partial charge in [0.15, 0.2) is 16.6 Å². The zero-order valence-corrected chi connectivity index (χ0v) is 15.6. The molecule has 3 nitrogen and oxygen atoms in total. The minimum Gasteiger partial charge on any atom is -0.456 e. The molecule has 0 aliphatic carbocycles. The number of nitrogens with two attached hydrogens (primary N) is 2. The third-order valence-electron chi connectivity index (χ3n) is 3.37. The maximum Gasteiger partial charge on any atom is 0.176 e. The van der Waals surface area contributed by atoms with Gasteiger partial charge < -0.3 is 15.6 Å². The lowest BCUT2D eigenvalue weighted by molar-refractivity contribution is 0.521. The van der Waals surface area contributed by atoms with E-state index in [2.05, 4.69) is 26.2 Å². The number of unbranched alkanes of at least 4 members (excludes halogenated alkanes) is 4. The van der Waals surface area contributed by atoms with E-state index in [1.54, 1.807) is 0 Å². The first-order chi connectivity index (χ1) is 8.83. The van der Waals surface area contributed by atoms with Gasteiger partial charge in [0.1, 0.15) is 0 Å². The first-order valence-corrected chi connectivity index (χ1v) is 14.2. The minimum atomic E-state index is -1.50. The van der Waals surface area contributed by atoms with Crippen molar-refractivity contribution < 1.29 is 4.12 Å². The molecular weight excluding hydrogens is 268 g/mol. The molecule has 0 rings (SSSR count). The summed E-state index contributed by atoms with van der Waals surface area (Å²) in [6.07, 6.45) is 7.42. The van der Waals surface area contributed by atoms with Gasteiger partial charge in [0.25, 0.3) is 0 Å². The third-order valence-corrected chi connectivity index (χ3v) is 10.6. The summed E-state index contributed by atoms with van der Waals surface area (Å²) >= 11 is 0. The molecule has 0 spiro atoms. The van der Waals surface area contributed by atoms with Crippen LogP contribution < -0.4 is 11.5 Å². The van der Waals surface area contributed by atoms with E-state index in [-0.39, 0.29) is 0 Å². The zero-order chi connectivity index (χ0) is 14.8. The molecule has 0 amide bonds. The smallest absolute Gasteiger partial charge is 0.176 e. The summed E-state index contributed by atoms with van der Waals surface area (Å²) in [6, 6.07) is 2.61. The normalized spacial score (nSPS) is 12.9. The van der Waals surface area contributed by atoms with Crippen LogP contribution in [-0.2, 0) is 4.12 Å². The van der Waals surface area contributed by atoms with E-state index in [0.717, 1.165) is 25.9 Å².